The van der Waals surface area contributed by atoms with Gasteiger partial charge in [0.2, 0.25) is 0 Å². The molecule has 0 aliphatic heterocycles. The largest absolute Gasteiger partial charge is 0.400 e. The summed E-state index contributed by atoms with van der Waals surface area (Å²) in [5, 5.41) is 14.0. The van der Waals surface area contributed by atoms with Gasteiger partial charge < -0.3 is 10.2 Å². The molecular formula is C8H18O2. The van der Waals surface area contributed by atoms with Crippen LogP contribution in [0.15, 0.2) is 12.2 Å². The molecule has 0 bridgehead atoms. The zero-order chi connectivity index (χ0) is 8.24. The number of hydrogen-bond acceptors (Lipinski definition) is 2. The molecule has 0 saturated carbocycles. The maximum atomic E-state index is 7.00. The van der Waals surface area contributed by atoms with E-state index in [0.29, 0.717) is 0 Å². The van der Waals surface area contributed by atoms with Crippen molar-refractivity contribution in [3.8, 4) is 0 Å². The molecule has 1 aliphatic carbocycles. The molecule has 10 heavy (non-hydrogen) atoms. The highest BCUT2D eigenvalue weighted by atomic mass is 16.2. The summed E-state index contributed by atoms with van der Waals surface area (Å²) < 4.78 is 0. The van der Waals surface area contributed by atoms with E-state index in [-0.39, 0.29) is 0 Å². The zero-order valence-electron chi connectivity index (χ0n) is 6.88. The van der Waals surface area contributed by atoms with Crippen molar-refractivity contribution in [1.82, 2.24) is 0 Å². The summed E-state index contributed by atoms with van der Waals surface area (Å²) >= 11 is 0. The summed E-state index contributed by atoms with van der Waals surface area (Å²) in [6.07, 6.45) is 10.0. The van der Waals surface area contributed by atoms with Crippen molar-refractivity contribution >= 4 is 0 Å². The van der Waals surface area contributed by atoms with Gasteiger partial charge in [-0.1, -0.05) is 12.2 Å². The van der Waals surface area contributed by atoms with Gasteiger partial charge in [0, 0.05) is 14.2 Å². The zero-order valence-corrected chi connectivity index (χ0v) is 6.88. The van der Waals surface area contributed by atoms with Crippen LogP contribution < -0.4 is 0 Å². The average Bonchev–Trinajstić information content (AvgIpc) is 2.14. The van der Waals surface area contributed by atoms with Gasteiger partial charge in [0.1, 0.15) is 0 Å². The standard InChI is InChI=1S/C6H10.2CH4O/c1-2-4-6-5-3-1;2*1-2/h1-2H,3-6H2;2*2H,1H3. The fourth-order valence-corrected chi connectivity index (χ4v) is 0.760. The minimum Gasteiger partial charge on any atom is -0.400 e. The molecule has 0 radical (unpaired) electrons. The quantitative estimate of drug-likeness (QED) is 0.506. The first-order valence-corrected chi connectivity index (χ1v) is 3.54. The molecule has 0 aromatic heterocycles. The van der Waals surface area contributed by atoms with E-state index in [0.717, 1.165) is 14.2 Å². The number of aliphatic hydroxyl groups excluding tert-OH is 2. The Hall–Kier alpha value is -0.340. The van der Waals surface area contributed by atoms with Gasteiger partial charge in [0.15, 0.2) is 0 Å². The summed E-state index contributed by atoms with van der Waals surface area (Å²) in [7, 11) is 2.00. The second kappa shape index (κ2) is 15.9. The Kier molecular flexibility index (Phi) is 19.6. The molecule has 2 heteroatoms. The minimum absolute atomic E-state index is 1.00. The van der Waals surface area contributed by atoms with Gasteiger partial charge in [-0.15, -0.1) is 0 Å². The van der Waals surface area contributed by atoms with E-state index < -0.39 is 0 Å². The van der Waals surface area contributed by atoms with Gasteiger partial charge in [0.25, 0.3) is 0 Å². The second-order valence-corrected chi connectivity index (χ2v) is 1.76. The lowest BCUT2D eigenvalue weighted by atomic mass is 10.1. The third-order valence-electron chi connectivity index (χ3n) is 1.16. The maximum absolute atomic E-state index is 7.00. The van der Waals surface area contributed by atoms with Gasteiger partial charge >= 0.3 is 0 Å². The van der Waals surface area contributed by atoms with Crippen molar-refractivity contribution in [1.29, 1.82) is 0 Å². The van der Waals surface area contributed by atoms with Gasteiger partial charge in [-0.2, -0.15) is 0 Å². The summed E-state index contributed by atoms with van der Waals surface area (Å²) in [6.45, 7) is 0. The van der Waals surface area contributed by atoms with Crippen LogP contribution in [-0.2, 0) is 0 Å². The molecule has 0 saturated heterocycles. The summed E-state index contributed by atoms with van der Waals surface area (Å²) in [4.78, 5) is 0. The predicted molar refractivity (Wildman–Crippen MR) is 43.9 cm³/mol. The topological polar surface area (TPSA) is 40.5 Å². The molecular weight excluding hydrogens is 128 g/mol. The van der Waals surface area contributed by atoms with E-state index in [4.69, 9.17) is 10.2 Å². The van der Waals surface area contributed by atoms with E-state index in [2.05, 4.69) is 12.2 Å². The van der Waals surface area contributed by atoms with Crippen LogP contribution in [0.25, 0.3) is 0 Å². The van der Waals surface area contributed by atoms with Crippen molar-refractivity contribution in [3.05, 3.63) is 12.2 Å². The highest BCUT2D eigenvalue weighted by Crippen LogP contribution is 2.07. The maximum Gasteiger partial charge on any atom is 0.0319 e. The van der Waals surface area contributed by atoms with E-state index in [9.17, 15) is 0 Å². The smallest absolute Gasteiger partial charge is 0.0319 e. The number of rotatable bonds is 0. The first kappa shape index (κ1) is 12.3. The minimum atomic E-state index is 1.00. The van der Waals surface area contributed by atoms with Gasteiger partial charge in [-0.05, 0) is 25.7 Å². The average molecular weight is 146 g/mol. The number of aliphatic hydroxyl groups is 2. The monoisotopic (exact) mass is 146 g/mol. The van der Waals surface area contributed by atoms with Gasteiger partial charge in [0.05, 0.1) is 0 Å². The Morgan fingerprint density at radius 3 is 1.20 bits per heavy atom. The SMILES string of the molecule is C1=CCCCC1.CO.CO. The predicted octanol–water partition coefficient (Wildman–Crippen LogP) is 1.33. The van der Waals surface area contributed by atoms with Crippen LogP contribution in [0.3, 0.4) is 0 Å². The second-order valence-electron chi connectivity index (χ2n) is 1.76. The molecule has 0 amide bonds. The molecule has 1 rings (SSSR count). The van der Waals surface area contributed by atoms with Crippen LogP contribution in [0, 0.1) is 0 Å². The molecule has 2 nitrogen and oxygen atoms in total. The fraction of sp³-hybridized carbons (Fsp3) is 0.750. The van der Waals surface area contributed by atoms with Crippen LogP contribution in [-0.4, -0.2) is 24.4 Å². The normalized spacial score (nSPS) is 14.0. The summed E-state index contributed by atoms with van der Waals surface area (Å²) in [5.74, 6) is 0. The van der Waals surface area contributed by atoms with Gasteiger partial charge in [-0.3, -0.25) is 0 Å². The Balaban J connectivity index is 0. The van der Waals surface area contributed by atoms with Crippen molar-refractivity contribution < 1.29 is 10.2 Å². The molecule has 0 atom stereocenters. The molecule has 62 valence electrons. The third kappa shape index (κ3) is 10.6. The Labute approximate surface area is 63.2 Å². The fourth-order valence-electron chi connectivity index (χ4n) is 0.760. The molecule has 0 unspecified atom stereocenters. The molecule has 1 aliphatic rings. The highest BCUT2D eigenvalue weighted by molar-refractivity contribution is 4.85. The summed E-state index contributed by atoms with van der Waals surface area (Å²) in [6, 6.07) is 0. The molecule has 0 spiro atoms. The van der Waals surface area contributed by atoms with Crippen LogP contribution >= 0.6 is 0 Å². The Bertz CT molecular complexity index is 52.3. The van der Waals surface area contributed by atoms with E-state index in [1.807, 2.05) is 0 Å². The van der Waals surface area contributed by atoms with Crippen molar-refractivity contribution in [3.63, 3.8) is 0 Å². The Morgan fingerprint density at radius 1 is 0.800 bits per heavy atom. The van der Waals surface area contributed by atoms with Gasteiger partial charge in [-0.25, -0.2) is 0 Å². The highest BCUT2D eigenvalue weighted by Gasteiger charge is 1.87. The molecule has 0 fully saturated rings. The van der Waals surface area contributed by atoms with Crippen molar-refractivity contribution in [2.24, 2.45) is 0 Å². The number of hydrogen-bond donors (Lipinski definition) is 2. The van der Waals surface area contributed by atoms with Crippen LogP contribution in [0.4, 0.5) is 0 Å². The van der Waals surface area contributed by atoms with Crippen molar-refractivity contribution in [2.45, 2.75) is 25.7 Å². The third-order valence-corrected chi connectivity index (χ3v) is 1.16. The van der Waals surface area contributed by atoms with Crippen molar-refractivity contribution in [2.75, 3.05) is 14.2 Å². The van der Waals surface area contributed by atoms with Crippen LogP contribution in [0.1, 0.15) is 25.7 Å². The van der Waals surface area contributed by atoms with E-state index in [1.54, 1.807) is 0 Å². The van der Waals surface area contributed by atoms with Crippen LogP contribution in [0.5, 0.6) is 0 Å². The first-order valence-electron chi connectivity index (χ1n) is 3.54. The first-order chi connectivity index (χ1) is 5.00. The Morgan fingerprint density at radius 2 is 1.10 bits per heavy atom. The van der Waals surface area contributed by atoms with E-state index >= 15 is 0 Å². The lowest BCUT2D eigenvalue weighted by molar-refractivity contribution is 0.399. The lowest BCUT2D eigenvalue weighted by Gasteiger charge is -1.97. The molecule has 0 heterocycles. The summed E-state index contributed by atoms with van der Waals surface area (Å²) in [5.41, 5.74) is 0. The van der Waals surface area contributed by atoms with E-state index in [1.165, 1.54) is 25.7 Å². The molecule has 0 aromatic carbocycles. The molecule has 0 aromatic rings. The molecule has 2 N–H and O–H groups in total. The van der Waals surface area contributed by atoms with Crippen LogP contribution in [0.2, 0.25) is 0 Å². The lowest BCUT2D eigenvalue weighted by Crippen LogP contribution is -1.77. The number of allylic oxidation sites excluding steroid dienone is 2.